The molecule has 1 aromatic rings. The first-order chi connectivity index (χ1) is 12.5. The molecule has 3 aliphatic rings. The Morgan fingerprint density at radius 1 is 1.35 bits per heavy atom. The molecular formula is C21H21F2N3. The number of aliphatic imine (C=N–C) groups is 1. The summed E-state index contributed by atoms with van der Waals surface area (Å²) >= 11 is 0. The predicted molar refractivity (Wildman–Crippen MR) is 102 cm³/mol. The van der Waals surface area contributed by atoms with Crippen LogP contribution in [0.3, 0.4) is 0 Å². The molecule has 0 aromatic heterocycles. The normalized spacial score (nSPS) is 22.3. The topological polar surface area (TPSA) is 36.4 Å². The van der Waals surface area contributed by atoms with E-state index in [4.69, 9.17) is 0 Å². The smallest absolute Gasteiger partial charge is 0.148 e. The second-order valence-electron chi connectivity index (χ2n) is 6.93. The van der Waals surface area contributed by atoms with Crippen molar-refractivity contribution in [2.45, 2.75) is 31.0 Å². The molecule has 5 heteroatoms. The number of benzene rings is 1. The van der Waals surface area contributed by atoms with Crippen LogP contribution in [0.1, 0.15) is 24.8 Å². The fourth-order valence-electron chi connectivity index (χ4n) is 3.24. The molecule has 4 rings (SSSR count). The number of nitrogens with zero attached hydrogens (tertiary/aromatic N) is 1. The number of allylic oxidation sites excluding steroid dienone is 6. The van der Waals surface area contributed by atoms with E-state index in [2.05, 4.69) is 22.2 Å². The molecule has 134 valence electrons. The summed E-state index contributed by atoms with van der Waals surface area (Å²) in [7, 11) is 1.89. The minimum atomic E-state index is -0.897. The summed E-state index contributed by atoms with van der Waals surface area (Å²) < 4.78 is 27.4. The standard InChI is InChI=1S/C21H21F2N3/c1-13(21(24-2)9-10-21)25-20-11-16-18(26-19(16)12-17(20)23)8-5-14-3-6-15(22)7-4-14/h3-6,8,11-12,15,24-25H,1,7,9-10H2,2H3/b8-5+. The van der Waals surface area contributed by atoms with Gasteiger partial charge in [0.05, 0.1) is 22.6 Å². The number of likely N-dealkylation sites (N-methyl/N-ethyl adjacent to an activating group) is 1. The summed E-state index contributed by atoms with van der Waals surface area (Å²) in [5.41, 5.74) is 4.36. The number of halogens is 2. The van der Waals surface area contributed by atoms with E-state index < -0.39 is 6.17 Å². The third kappa shape index (κ3) is 3.03. The third-order valence-corrected chi connectivity index (χ3v) is 5.20. The molecule has 1 atom stereocenters. The van der Waals surface area contributed by atoms with Gasteiger partial charge in [-0.15, -0.1) is 0 Å². The van der Waals surface area contributed by atoms with Crippen molar-refractivity contribution in [2.75, 3.05) is 12.4 Å². The molecule has 1 aromatic carbocycles. The average Bonchev–Trinajstić information content (AvgIpc) is 3.42. The Kier molecular flexibility index (Phi) is 4.11. The van der Waals surface area contributed by atoms with Gasteiger partial charge in [0, 0.05) is 23.7 Å². The Bertz CT molecular complexity index is 889. The Hall–Kier alpha value is -2.53. The van der Waals surface area contributed by atoms with Gasteiger partial charge < -0.3 is 10.6 Å². The molecule has 2 aliphatic carbocycles. The van der Waals surface area contributed by atoms with E-state index in [0.29, 0.717) is 17.8 Å². The zero-order valence-corrected chi connectivity index (χ0v) is 14.7. The predicted octanol–water partition coefficient (Wildman–Crippen LogP) is 4.72. The Labute approximate surface area is 151 Å². The largest absolute Gasteiger partial charge is 0.355 e. The minimum absolute atomic E-state index is 0.125. The molecule has 0 bridgehead atoms. The number of hydrogen-bond donors (Lipinski definition) is 2. The van der Waals surface area contributed by atoms with Crippen molar-refractivity contribution in [1.29, 1.82) is 0 Å². The van der Waals surface area contributed by atoms with Crippen LogP contribution in [0.4, 0.5) is 20.2 Å². The van der Waals surface area contributed by atoms with Crippen molar-refractivity contribution >= 4 is 17.1 Å². The molecule has 0 amide bonds. The maximum Gasteiger partial charge on any atom is 0.148 e. The summed E-state index contributed by atoms with van der Waals surface area (Å²) in [4.78, 5) is 4.34. The van der Waals surface area contributed by atoms with Gasteiger partial charge in [-0.2, -0.15) is 0 Å². The summed E-state index contributed by atoms with van der Waals surface area (Å²) in [5.74, 6) is -0.338. The van der Waals surface area contributed by atoms with Crippen LogP contribution in [0, 0.1) is 5.82 Å². The van der Waals surface area contributed by atoms with E-state index in [-0.39, 0.29) is 11.4 Å². The van der Waals surface area contributed by atoms with Crippen LogP contribution >= 0.6 is 0 Å². The maximum atomic E-state index is 14.3. The van der Waals surface area contributed by atoms with Crippen LogP contribution < -0.4 is 10.6 Å². The van der Waals surface area contributed by atoms with Crippen molar-refractivity contribution in [3.05, 3.63) is 71.7 Å². The third-order valence-electron chi connectivity index (χ3n) is 5.20. The van der Waals surface area contributed by atoms with Crippen molar-refractivity contribution < 1.29 is 8.78 Å². The zero-order chi connectivity index (χ0) is 18.3. The number of hydrogen-bond acceptors (Lipinski definition) is 3. The second-order valence-corrected chi connectivity index (χ2v) is 6.93. The molecular weight excluding hydrogens is 332 g/mol. The molecule has 3 nitrogen and oxygen atoms in total. The highest BCUT2D eigenvalue weighted by molar-refractivity contribution is 6.19. The van der Waals surface area contributed by atoms with E-state index in [0.717, 1.165) is 35.4 Å². The van der Waals surface area contributed by atoms with Crippen LogP contribution in [0.25, 0.3) is 0 Å². The lowest BCUT2D eigenvalue weighted by Gasteiger charge is -2.22. The summed E-state index contributed by atoms with van der Waals surface area (Å²) in [6.45, 7) is 4.06. The first-order valence-corrected chi connectivity index (χ1v) is 8.79. The van der Waals surface area contributed by atoms with E-state index in [1.54, 1.807) is 18.2 Å². The van der Waals surface area contributed by atoms with Gasteiger partial charge in [0.2, 0.25) is 0 Å². The summed E-state index contributed by atoms with van der Waals surface area (Å²) in [6.07, 6.45) is 10.5. The highest BCUT2D eigenvalue weighted by Gasteiger charge is 2.44. The van der Waals surface area contributed by atoms with Crippen LogP contribution in [-0.2, 0) is 0 Å². The molecule has 1 heterocycles. The van der Waals surface area contributed by atoms with Crippen LogP contribution in [0.5, 0.6) is 0 Å². The first-order valence-electron chi connectivity index (χ1n) is 8.79. The van der Waals surface area contributed by atoms with E-state index in [9.17, 15) is 8.78 Å². The Balaban J connectivity index is 1.49. The van der Waals surface area contributed by atoms with E-state index in [1.165, 1.54) is 6.07 Å². The summed E-state index contributed by atoms with van der Waals surface area (Å²) in [6, 6.07) is 3.21. The van der Waals surface area contributed by atoms with E-state index in [1.807, 2.05) is 25.3 Å². The average molecular weight is 353 g/mol. The minimum Gasteiger partial charge on any atom is -0.355 e. The number of nitrogens with one attached hydrogen (secondary N) is 2. The van der Waals surface area contributed by atoms with Gasteiger partial charge in [0.25, 0.3) is 0 Å². The number of rotatable bonds is 6. The van der Waals surface area contributed by atoms with Gasteiger partial charge in [-0.3, -0.25) is 0 Å². The number of fused-ring (bicyclic) bond motifs is 1. The van der Waals surface area contributed by atoms with Gasteiger partial charge in [0.15, 0.2) is 0 Å². The molecule has 2 N–H and O–H groups in total. The van der Waals surface area contributed by atoms with Crippen molar-refractivity contribution in [3.8, 4) is 0 Å². The first kappa shape index (κ1) is 16.9. The van der Waals surface area contributed by atoms with Gasteiger partial charge in [0.1, 0.15) is 12.0 Å². The monoisotopic (exact) mass is 353 g/mol. The highest BCUT2D eigenvalue weighted by atomic mass is 19.1. The van der Waals surface area contributed by atoms with Gasteiger partial charge in [-0.05, 0) is 43.7 Å². The van der Waals surface area contributed by atoms with Crippen molar-refractivity contribution in [3.63, 3.8) is 0 Å². The SMILES string of the molecule is C=C(Nc1cc2c(cc1F)N=C2/C=C/C1=CCC(F)C=C1)C1(NC)CC1. The molecule has 26 heavy (non-hydrogen) atoms. The van der Waals surface area contributed by atoms with Crippen LogP contribution in [0.15, 0.2) is 65.4 Å². The molecule has 0 radical (unpaired) electrons. The lowest BCUT2D eigenvalue weighted by molar-refractivity contribution is 0.401. The molecule has 1 unspecified atom stereocenters. The summed E-state index contributed by atoms with van der Waals surface area (Å²) in [5, 5.41) is 6.36. The van der Waals surface area contributed by atoms with E-state index >= 15 is 0 Å². The molecule has 0 saturated heterocycles. The zero-order valence-electron chi connectivity index (χ0n) is 14.7. The molecule has 1 aliphatic heterocycles. The molecule has 1 saturated carbocycles. The Morgan fingerprint density at radius 3 is 2.81 bits per heavy atom. The van der Waals surface area contributed by atoms with Crippen LogP contribution in [0.2, 0.25) is 0 Å². The molecule has 1 fully saturated rings. The lowest BCUT2D eigenvalue weighted by atomic mass is 9.98. The Morgan fingerprint density at radius 2 is 2.15 bits per heavy atom. The number of anilines is 1. The fourth-order valence-corrected chi connectivity index (χ4v) is 3.24. The second kappa shape index (κ2) is 6.32. The lowest BCUT2D eigenvalue weighted by Crippen LogP contribution is -2.32. The number of alkyl halides is 1. The highest BCUT2D eigenvalue weighted by Crippen LogP contribution is 2.42. The van der Waals surface area contributed by atoms with Gasteiger partial charge in [-0.1, -0.05) is 24.8 Å². The van der Waals surface area contributed by atoms with Crippen molar-refractivity contribution in [2.24, 2.45) is 4.99 Å². The maximum absolute atomic E-state index is 14.3. The quantitative estimate of drug-likeness (QED) is 0.776. The molecule has 0 spiro atoms. The van der Waals surface area contributed by atoms with Crippen molar-refractivity contribution in [1.82, 2.24) is 5.32 Å². The van der Waals surface area contributed by atoms with Gasteiger partial charge in [-0.25, -0.2) is 13.8 Å². The van der Waals surface area contributed by atoms with Gasteiger partial charge >= 0.3 is 0 Å². The van der Waals surface area contributed by atoms with Crippen LogP contribution in [-0.4, -0.2) is 24.5 Å². The fraction of sp³-hybridized carbons (Fsp3) is 0.286.